The molecule has 0 saturated heterocycles. The fraction of sp³-hybridized carbons (Fsp3) is 0.0714. The van der Waals surface area contributed by atoms with Gasteiger partial charge in [-0.1, -0.05) is 6.07 Å². The van der Waals surface area contributed by atoms with Gasteiger partial charge in [0.25, 0.3) is 0 Å². The van der Waals surface area contributed by atoms with Crippen molar-refractivity contribution in [3.63, 3.8) is 0 Å². The Hall–Kier alpha value is -2.70. The molecule has 0 atom stereocenters. The van der Waals surface area contributed by atoms with Crippen molar-refractivity contribution < 1.29 is 22.3 Å². The van der Waals surface area contributed by atoms with Gasteiger partial charge in [0.05, 0.1) is 5.69 Å². The van der Waals surface area contributed by atoms with Crippen LogP contribution in [0.25, 0.3) is 22.6 Å². The first kappa shape index (κ1) is 13.3. The normalized spacial score (nSPS) is 11.8. The van der Waals surface area contributed by atoms with Crippen LogP contribution in [0.15, 0.2) is 46.9 Å². The number of fused-ring (bicyclic) bond motifs is 1. The number of alkyl halides is 3. The molecule has 0 fully saturated rings. The Balaban J connectivity index is 1.94. The largest absolute Gasteiger partial charge is 0.573 e. The van der Waals surface area contributed by atoms with Gasteiger partial charge in [-0.15, -0.1) is 13.2 Å². The molecule has 0 unspecified atom stereocenters. The molecule has 21 heavy (non-hydrogen) atoms. The molecule has 0 aliphatic heterocycles. The van der Waals surface area contributed by atoms with Crippen LogP contribution in [-0.4, -0.2) is 11.3 Å². The summed E-state index contributed by atoms with van der Waals surface area (Å²) in [5.74, 6) is -0.0247. The predicted octanol–water partition coefficient (Wildman–Crippen LogP) is 3.98. The SMILES string of the molecule is Nc1cccc2oc(-c3ccc(OC(F)(F)F)cc3)nc12. The Morgan fingerprint density at radius 1 is 1.05 bits per heavy atom. The number of nitrogens with zero attached hydrogens (tertiary/aromatic N) is 1. The fourth-order valence-electron chi connectivity index (χ4n) is 1.89. The van der Waals surface area contributed by atoms with E-state index in [0.717, 1.165) is 0 Å². The zero-order valence-corrected chi connectivity index (χ0v) is 10.5. The molecule has 3 rings (SSSR count). The van der Waals surface area contributed by atoms with E-state index in [4.69, 9.17) is 10.2 Å². The van der Waals surface area contributed by atoms with Crippen LogP contribution in [0.2, 0.25) is 0 Å². The van der Waals surface area contributed by atoms with Crippen molar-refractivity contribution in [1.82, 2.24) is 4.98 Å². The lowest BCUT2D eigenvalue weighted by atomic mass is 10.2. The fourth-order valence-corrected chi connectivity index (χ4v) is 1.89. The first-order valence-electron chi connectivity index (χ1n) is 5.93. The summed E-state index contributed by atoms with van der Waals surface area (Å²) in [4.78, 5) is 4.23. The monoisotopic (exact) mass is 294 g/mol. The summed E-state index contributed by atoms with van der Waals surface area (Å²) < 4.78 is 45.6. The summed E-state index contributed by atoms with van der Waals surface area (Å²) in [5.41, 5.74) is 7.80. The highest BCUT2D eigenvalue weighted by Crippen LogP contribution is 2.29. The van der Waals surface area contributed by atoms with E-state index in [0.29, 0.717) is 22.4 Å². The third-order valence-corrected chi connectivity index (χ3v) is 2.79. The minimum atomic E-state index is -4.71. The molecular weight excluding hydrogens is 285 g/mol. The van der Waals surface area contributed by atoms with E-state index >= 15 is 0 Å². The van der Waals surface area contributed by atoms with Gasteiger partial charge in [-0.2, -0.15) is 0 Å². The third-order valence-electron chi connectivity index (χ3n) is 2.79. The number of oxazole rings is 1. The zero-order chi connectivity index (χ0) is 15.0. The maximum absolute atomic E-state index is 12.1. The van der Waals surface area contributed by atoms with Crippen LogP contribution in [0.1, 0.15) is 0 Å². The molecule has 1 aromatic heterocycles. The van der Waals surface area contributed by atoms with Crippen LogP contribution in [0.4, 0.5) is 18.9 Å². The molecule has 0 spiro atoms. The molecule has 4 nitrogen and oxygen atoms in total. The van der Waals surface area contributed by atoms with Crippen LogP contribution in [-0.2, 0) is 0 Å². The number of benzene rings is 2. The first-order valence-corrected chi connectivity index (χ1v) is 5.93. The molecule has 3 aromatic rings. The zero-order valence-electron chi connectivity index (χ0n) is 10.5. The summed E-state index contributed by atoms with van der Waals surface area (Å²) in [6.45, 7) is 0. The lowest BCUT2D eigenvalue weighted by molar-refractivity contribution is -0.274. The molecular formula is C14H9F3N2O2. The van der Waals surface area contributed by atoms with Crippen molar-refractivity contribution in [3.05, 3.63) is 42.5 Å². The van der Waals surface area contributed by atoms with Crippen molar-refractivity contribution in [2.45, 2.75) is 6.36 Å². The minimum absolute atomic E-state index is 0.279. The van der Waals surface area contributed by atoms with E-state index in [1.165, 1.54) is 24.3 Å². The molecule has 7 heteroatoms. The molecule has 0 aliphatic rings. The molecule has 1 heterocycles. The molecule has 2 N–H and O–H groups in total. The Kier molecular flexibility index (Phi) is 2.97. The van der Waals surface area contributed by atoms with Gasteiger partial charge in [-0.25, -0.2) is 4.98 Å². The number of ether oxygens (including phenoxy) is 1. The average Bonchev–Trinajstić information content (AvgIpc) is 2.83. The van der Waals surface area contributed by atoms with E-state index < -0.39 is 6.36 Å². The Bertz CT molecular complexity index is 779. The highest BCUT2D eigenvalue weighted by Gasteiger charge is 2.31. The number of halogens is 3. The van der Waals surface area contributed by atoms with E-state index in [1.54, 1.807) is 18.2 Å². The molecule has 0 amide bonds. The van der Waals surface area contributed by atoms with Crippen LogP contribution in [0.5, 0.6) is 5.75 Å². The number of nitrogens with two attached hydrogens (primary N) is 1. The van der Waals surface area contributed by atoms with Crippen molar-refractivity contribution >= 4 is 16.8 Å². The number of nitrogen functional groups attached to an aromatic ring is 1. The minimum Gasteiger partial charge on any atom is -0.436 e. The van der Waals surface area contributed by atoms with E-state index in [2.05, 4.69) is 9.72 Å². The second kappa shape index (κ2) is 4.69. The maximum Gasteiger partial charge on any atom is 0.573 e. The van der Waals surface area contributed by atoms with Crippen LogP contribution < -0.4 is 10.5 Å². The summed E-state index contributed by atoms with van der Waals surface area (Å²) in [6.07, 6.45) is -4.71. The van der Waals surface area contributed by atoms with E-state index in [-0.39, 0.29) is 11.6 Å². The predicted molar refractivity (Wildman–Crippen MR) is 70.5 cm³/mol. The van der Waals surface area contributed by atoms with Crippen molar-refractivity contribution in [1.29, 1.82) is 0 Å². The summed E-state index contributed by atoms with van der Waals surface area (Å²) in [6, 6.07) is 10.4. The highest BCUT2D eigenvalue weighted by molar-refractivity contribution is 5.87. The lowest BCUT2D eigenvalue weighted by Crippen LogP contribution is -2.16. The summed E-state index contributed by atoms with van der Waals surface area (Å²) in [5, 5.41) is 0. The molecule has 2 aromatic carbocycles. The van der Waals surface area contributed by atoms with Crippen LogP contribution in [0.3, 0.4) is 0 Å². The van der Waals surface area contributed by atoms with Gasteiger partial charge in [0.1, 0.15) is 11.3 Å². The van der Waals surface area contributed by atoms with Gasteiger partial charge in [0.2, 0.25) is 5.89 Å². The Morgan fingerprint density at radius 3 is 2.38 bits per heavy atom. The second-order valence-electron chi connectivity index (χ2n) is 4.29. The van der Waals surface area contributed by atoms with Gasteiger partial charge in [0, 0.05) is 5.56 Å². The Labute approximate surface area is 116 Å². The lowest BCUT2D eigenvalue weighted by Gasteiger charge is -2.08. The number of para-hydroxylation sites is 1. The quantitative estimate of drug-likeness (QED) is 0.726. The maximum atomic E-state index is 12.1. The highest BCUT2D eigenvalue weighted by atomic mass is 19.4. The number of anilines is 1. The average molecular weight is 294 g/mol. The molecule has 108 valence electrons. The molecule has 0 aliphatic carbocycles. The number of rotatable bonds is 2. The van der Waals surface area contributed by atoms with E-state index in [1.807, 2.05) is 0 Å². The summed E-state index contributed by atoms with van der Waals surface area (Å²) >= 11 is 0. The van der Waals surface area contributed by atoms with Gasteiger partial charge in [0.15, 0.2) is 5.58 Å². The van der Waals surface area contributed by atoms with Gasteiger partial charge >= 0.3 is 6.36 Å². The smallest absolute Gasteiger partial charge is 0.436 e. The van der Waals surface area contributed by atoms with Crippen LogP contribution >= 0.6 is 0 Å². The summed E-state index contributed by atoms with van der Waals surface area (Å²) in [7, 11) is 0. The standard InChI is InChI=1S/C14H9F3N2O2/c15-14(16,17)21-9-6-4-8(5-7-9)13-19-12-10(18)2-1-3-11(12)20-13/h1-7H,18H2. The number of hydrogen-bond acceptors (Lipinski definition) is 4. The number of hydrogen-bond donors (Lipinski definition) is 1. The third kappa shape index (κ3) is 2.76. The van der Waals surface area contributed by atoms with Crippen molar-refractivity contribution in [3.8, 4) is 17.2 Å². The second-order valence-corrected chi connectivity index (χ2v) is 4.29. The first-order chi connectivity index (χ1) is 9.92. The molecule has 0 radical (unpaired) electrons. The van der Waals surface area contributed by atoms with Crippen molar-refractivity contribution in [2.75, 3.05) is 5.73 Å². The van der Waals surface area contributed by atoms with E-state index in [9.17, 15) is 13.2 Å². The van der Waals surface area contributed by atoms with Crippen LogP contribution in [0, 0.1) is 0 Å². The topological polar surface area (TPSA) is 61.3 Å². The number of aromatic nitrogens is 1. The Morgan fingerprint density at radius 2 is 1.76 bits per heavy atom. The van der Waals surface area contributed by atoms with Gasteiger partial charge < -0.3 is 14.9 Å². The van der Waals surface area contributed by atoms with Gasteiger partial charge in [-0.3, -0.25) is 0 Å². The van der Waals surface area contributed by atoms with Gasteiger partial charge in [-0.05, 0) is 36.4 Å². The molecule has 0 saturated carbocycles. The van der Waals surface area contributed by atoms with Crippen molar-refractivity contribution in [2.24, 2.45) is 0 Å². The molecule has 0 bridgehead atoms.